The number of nitrogens with zero attached hydrogens (tertiary/aromatic N) is 3. The summed E-state index contributed by atoms with van der Waals surface area (Å²) in [6.45, 7) is 4.97. The molecule has 0 saturated carbocycles. The zero-order valence-electron chi connectivity index (χ0n) is 18.7. The van der Waals surface area contributed by atoms with Crippen molar-refractivity contribution in [3.05, 3.63) is 77.3 Å². The van der Waals surface area contributed by atoms with Gasteiger partial charge >= 0.3 is 0 Å². The molecule has 7 nitrogen and oxygen atoms in total. The number of benzene rings is 2. The number of rotatable bonds is 9. The number of aliphatic hydroxyl groups excluding tert-OH is 1. The van der Waals surface area contributed by atoms with Crippen LogP contribution in [0, 0.1) is 6.92 Å². The molecule has 0 amide bonds. The van der Waals surface area contributed by atoms with E-state index in [0.29, 0.717) is 43.4 Å². The van der Waals surface area contributed by atoms with Crippen LogP contribution in [0.5, 0.6) is 11.5 Å². The van der Waals surface area contributed by atoms with E-state index in [2.05, 4.69) is 14.5 Å². The number of ether oxygens (including phenoxy) is 2. The third-order valence-corrected chi connectivity index (χ3v) is 6.21. The summed E-state index contributed by atoms with van der Waals surface area (Å²) >= 11 is 6.00. The highest BCUT2D eigenvalue weighted by atomic mass is 35.5. The van der Waals surface area contributed by atoms with Crippen LogP contribution in [0.4, 0.5) is 0 Å². The van der Waals surface area contributed by atoms with Crippen molar-refractivity contribution in [2.45, 2.75) is 38.1 Å². The molecule has 0 unspecified atom stereocenters. The zero-order valence-corrected chi connectivity index (χ0v) is 19.5. The van der Waals surface area contributed by atoms with Crippen LogP contribution in [0.25, 0.3) is 0 Å². The summed E-state index contributed by atoms with van der Waals surface area (Å²) in [5.41, 5.74) is -0.239. The molecular weight excluding hydrogens is 442 g/mol. The van der Waals surface area contributed by atoms with Crippen LogP contribution in [0.3, 0.4) is 0 Å². The summed E-state index contributed by atoms with van der Waals surface area (Å²) in [6, 6.07) is 15.0. The number of hydrogen-bond donors (Lipinski definition) is 2. The molecule has 2 aromatic carbocycles. The molecule has 0 aliphatic carbocycles. The highest BCUT2D eigenvalue weighted by molar-refractivity contribution is 6.30. The first-order valence-corrected chi connectivity index (χ1v) is 11.5. The van der Waals surface area contributed by atoms with Gasteiger partial charge in [-0.1, -0.05) is 29.8 Å². The summed E-state index contributed by atoms with van der Waals surface area (Å²) in [6.07, 6.45) is 3.36. The maximum atomic E-state index is 11.1. The quantitative estimate of drug-likeness (QED) is 0.498. The molecule has 0 radical (unpaired) electrons. The van der Waals surface area contributed by atoms with Crippen molar-refractivity contribution in [1.82, 2.24) is 14.5 Å². The molecule has 2 heterocycles. The molecule has 1 saturated heterocycles. The normalized spacial score (nSPS) is 21.2. The molecule has 4 rings (SSSR count). The lowest BCUT2D eigenvalue weighted by Gasteiger charge is -2.42. The second kappa shape index (κ2) is 10.6. The summed E-state index contributed by atoms with van der Waals surface area (Å²) in [5, 5.41) is 22.1. The fraction of sp³-hybridized carbons (Fsp3) is 0.400. The predicted molar refractivity (Wildman–Crippen MR) is 127 cm³/mol. The minimum atomic E-state index is -1.35. The van der Waals surface area contributed by atoms with Gasteiger partial charge in [-0.05, 0) is 49.2 Å². The number of likely N-dealkylation sites (tertiary alicyclic amines) is 1. The van der Waals surface area contributed by atoms with E-state index >= 15 is 0 Å². The highest BCUT2D eigenvalue weighted by Gasteiger charge is 2.42. The van der Waals surface area contributed by atoms with Gasteiger partial charge < -0.3 is 24.3 Å². The Morgan fingerprint density at radius 2 is 1.97 bits per heavy atom. The number of aliphatic hydroxyl groups is 2. The van der Waals surface area contributed by atoms with Crippen molar-refractivity contribution in [2.75, 3.05) is 26.3 Å². The third kappa shape index (κ3) is 6.26. The van der Waals surface area contributed by atoms with Gasteiger partial charge in [-0.2, -0.15) is 0 Å². The van der Waals surface area contributed by atoms with Crippen molar-refractivity contribution < 1.29 is 19.7 Å². The van der Waals surface area contributed by atoms with E-state index in [1.54, 1.807) is 30.5 Å². The fourth-order valence-electron chi connectivity index (χ4n) is 4.04. The Hall–Kier alpha value is -2.58. The van der Waals surface area contributed by atoms with E-state index < -0.39 is 11.7 Å². The van der Waals surface area contributed by atoms with E-state index in [1.165, 1.54) is 0 Å². The third-order valence-electron chi connectivity index (χ3n) is 5.98. The Bertz CT molecular complexity index is 1040. The van der Waals surface area contributed by atoms with Crippen LogP contribution in [-0.4, -0.2) is 62.7 Å². The van der Waals surface area contributed by atoms with E-state index in [9.17, 15) is 10.2 Å². The molecule has 1 aliphatic rings. The van der Waals surface area contributed by atoms with Gasteiger partial charge in [0.15, 0.2) is 0 Å². The zero-order chi connectivity index (χ0) is 23.3. The summed E-state index contributed by atoms with van der Waals surface area (Å²) < 4.78 is 13.6. The molecule has 3 aromatic rings. The second-order valence-corrected chi connectivity index (χ2v) is 8.96. The Morgan fingerprint density at radius 3 is 2.70 bits per heavy atom. The fourth-order valence-corrected chi connectivity index (χ4v) is 4.22. The number of halogens is 1. The number of hydrogen-bond acceptors (Lipinski definition) is 6. The summed E-state index contributed by atoms with van der Waals surface area (Å²) in [7, 11) is 0. The molecular formula is C25H30ClN3O4. The standard InChI is InChI=1S/C25H30ClN3O4/c1-19-27-10-12-29(19)13-14-32-22-7-5-20(6-8-22)16-28-11-9-24(30)25(31,17-28)18-33-23-4-2-3-21(26)15-23/h2-8,10,12,15,24,30-31H,9,11,13-14,16-18H2,1H3/t24-,25-/m0/s1. The van der Waals surface area contributed by atoms with Gasteiger partial charge in [-0.3, -0.25) is 4.90 Å². The number of β-amino-alcohol motifs (C(OH)–C–C–N with tert-alkyl or cyclic N) is 1. The predicted octanol–water partition coefficient (Wildman–Crippen LogP) is 3.30. The topological polar surface area (TPSA) is 80.0 Å². The lowest BCUT2D eigenvalue weighted by molar-refractivity contribution is -0.140. The smallest absolute Gasteiger partial charge is 0.137 e. The Labute approximate surface area is 199 Å². The lowest BCUT2D eigenvalue weighted by atomic mass is 9.90. The molecule has 0 spiro atoms. The summed E-state index contributed by atoms with van der Waals surface area (Å²) in [5.74, 6) is 2.36. The van der Waals surface area contributed by atoms with Crippen LogP contribution in [0.15, 0.2) is 60.9 Å². The van der Waals surface area contributed by atoms with E-state index in [0.717, 1.165) is 23.7 Å². The van der Waals surface area contributed by atoms with Crippen LogP contribution in [0.2, 0.25) is 5.02 Å². The molecule has 176 valence electrons. The second-order valence-electron chi connectivity index (χ2n) is 8.53. The molecule has 1 aliphatic heterocycles. The average Bonchev–Trinajstić information content (AvgIpc) is 3.21. The maximum Gasteiger partial charge on any atom is 0.137 e. The van der Waals surface area contributed by atoms with Gasteiger partial charge in [0, 0.05) is 37.1 Å². The minimum absolute atomic E-state index is 0.00578. The lowest BCUT2D eigenvalue weighted by Crippen LogP contribution is -2.59. The van der Waals surface area contributed by atoms with Crippen molar-refractivity contribution in [3.8, 4) is 11.5 Å². The van der Waals surface area contributed by atoms with E-state index in [1.807, 2.05) is 37.4 Å². The van der Waals surface area contributed by atoms with Crippen LogP contribution in [-0.2, 0) is 13.1 Å². The number of aromatic nitrogens is 2. The van der Waals surface area contributed by atoms with Crippen LogP contribution >= 0.6 is 11.6 Å². The molecule has 1 aromatic heterocycles. The maximum absolute atomic E-state index is 11.1. The van der Waals surface area contributed by atoms with Crippen molar-refractivity contribution in [2.24, 2.45) is 0 Å². The molecule has 33 heavy (non-hydrogen) atoms. The van der Waals surface area contributed by atoms with Crippen molar-refractivity contribution in [1.29, 1.82) is 0 Å². The van der Waals surface area contributed by atoms with Gasteiger partial charge in [0.05, 0.1) is 12.6 Å². The first-order chi connectivity index (χ1) is 15.9. The van der Waals surface area contributed by atoms with Gasteiger partial charge in [0.1, 0.15) is 36.1 Å². The van der Waals surface area contributed by atoms with Crippen LogP contribution in [0.1, 0.15) is 17.8 Å². The highest BCUT2D eigenvalue weighted by Crippen LogP contribution is 2.26. The molecule has 2 N–H and O–H groups in total. The Kier molecular flexibility index (Phi) is 7.55. The van der Waals surface area contributed by atoms with Crippen LogP contribution < -0.4 is 9.47 Å². The SMILES string of the molecule is Cc1nccn1CCOc1ccc(CN2CC[C@H](O)[C@@](O)(COc3cccc(Cl)c3)C2)cc1. The summed E-state index contributed by atoms with van der Waals surface area (Å²) in [4.78, 5) is 6.34. The molecule has 1 fully saturated rings. The van der Waals surface area contributed by atoms with Gasteiger partial charge in [0.2, 0.25) is 0 Å². The van der Waals surface area contributed by atoms with Crippen molar-refractivity contribution >= 4 is 11.6 Å². The molecule has 0 bridgehead atoms. The number of aryl methyl sites for hydroxylation is 1. The first kappa shape index (κ1) is 23.6. The molecule has 2 atom stereocenters. The average molecular weight is 472 g/mol. The van der Waals surface area contributed by atoms with Gasteiger partial charge in [0.25, 0.3) is 0 Å². The van der Waals surface area contributed by atoms with Gasteiger partial charge in [-0.15, -0.1) is 0 Å². The monoisotopic (exact) mass is 471 g/mol. The number of piperidine rings is 1. The van der Waals surface area contributed by atoms with E-state index in [-0.39, 0.29) is 6.61 Å². The Morgan fingerprint density at radius 1 is 1.15 bits per heavy atom. The minimum Gasteiger partial charge on any atom is -0.492 e. The Balaban J connectivity index is 1.28. The number of imidazole rings is 1. The molecule has 8 heteroatoms. The first-order valence-electron chi connectivity index (χ1n) is 11.1. The van der Waals surface area contributed by atoms with Crippen molar-refractivity contribution in [3.63, 3.8) is 0 Å². The van der Waals surface area contributed by atoms with E-state index in [4.69, 9.17) is 21.1 Å². The van der Waals surface area contributed by atoms with Gasteiger partial charge in [-0.25, -0.2) is 4.98 Å². The largest absolute Gasteiger partial charge is 0.492 e.